The summed E-state index contributed by atoms with van der Waals surface area (Å²) in [5.41, 5.74) is 6.20. The Labute approximate surface area is 193 Å². The molecule has 1 atom stereocenters. The maximum absolute atomic E-state index is 14.3. The number of hydrogen-bond donors (Lipinski definition) is 2. The first-order chi connectivity index (χ1) is 15.8. The Morgan fingerprint density at radius 1 is 1.33 bits per heavy atom. The monoisotopic (exact) mass is 472 g/mol. The number of primary amides is 1. The summed E-state index contributed by atoms with van der Waals surface area (Å²) in [6.45, 7) is 1.28. The molecular weight excluding hydrogens is 451 g/mol. The van der Waals surface area contributed by atoms with E-state index in [4.69, 9.17) is 17.3 Å². The maximum atomic E-state index is 14.3. The standard InChI is InChI=1S/C22H22ClFN6O3/c1-12(14-3-2-4-16(23)20(14)24)27-18(31)10-29(13-5-6-13)19(32)11-30-17-9-26-8-7-15(17)21(28-30)22(25)33/h2-4,7-9,12-13H,5-6,10-11H2,1H3,(H2,25,33)(H,27,31). The number of carbonyl (C=O) groups is 3. The van der Waals surface area contributed by atoms with Gasteiger partial charge in [0.05, 0.1) is 29.3 Å². The van der Waals surface area contributed by atoms with Crippen LogP contribution in [-0.4, -0.2) is 50.0 Å². The van der Waals surface area contributed by atoms with Crippen molar-refractivity contribution in [3.63, 3.8) is 0 Å². The van der Waals surface area contributed by atoms with Crippen molar-refractivity contribution >= 4 is 40.2 Å². The molecule has 0 spiro atoms. The van der Waals surface area contributed by atoms with E-state index in [0.717, 1.165) is 12.8 Å². The van der Waals surface area contributed by atoms with Gasteiger partial charge in [0.15, 0.2) is 5.69 Å². The quantitative estimate of drug-likeness (QED) is 0.520. The van der Waals surface area contributed by atoms with E-state index in [1.54, 1.807) is 25.1 Å². The van der Waals surface area contributed by atoms with Crippen LogP contribution in [0.3, 0.4) is 0 Å². The second kappa shape index (κ2) is 9.14. The number of nitrogens with zero attached hydrogens (tertiary/aromatic N) is 4. The fourth-order valence-corrected chi connectivity index (χ4v) is 3.91. The number of rotatable bonds is 8. The highest BCUT2D eigenvalue weighted by molar-refractivity contribution is 6.30. The lowest BCUT2D eigenvalue weighted by molar-refractivity contribution is -0.137. The SMILES string of the molecule is CC(NC(=O)CN(C(=O)Cn1nc(C(N)=O)c2ccncc21)C1CC1)c1cccc(Cl)c1F. The first kappa shape index (κ1) is 22.7. The average molecular weight is 473 g/mol. The molecule has 0 radical (unpaired) electrons. The van der Waals surface area contributed by atoms with Crippen LogP contribution in [0.5, 0.6) is 0 Å². The number of carbonyl (C=O) groups excluding carboxylic acids is 3. The Bertz CT molecular complexity index is 1240. The summed E-state index contributed by atoms with van der Waals surface area (Å²) in [5.74, 6) is -2.06. The zero-order chi connectivity index (χ0) is 23.7. The molecule has 2 aromatic heterocycles. The lowest BCUT2D eigenvalue weighted by Gasteiger charge is -2.23. The van der Waals surface area contributed by atoms with Crippen molar-refractivity contribution in [1.29, 1.82) is 0 Å². The van der Waals surface area contributed by atoms with Crippen molar-refractivity contribution < 1.29 is 18.8 Å². The number of benzene rings is 1. The fraction of sp³-hybridized carbons (Fsp3) is 0.318. The molecule has 9 nitrogen and oxygen atoms in total. The molecule has 3 N–H and O–H groups in total. The number of pyridine rings is 1. The van der Waals surface area contributed by atoms with Crippen LogP contribution in [0.25, 0.3) is 10.9 Å². The highest BCUT2D eigenvalue weighted by atomic mass is 35.5. The molecule has 172 valence electrons. The molecule has 2 heterocycles. The molecule has 1 unspecified atom stereocenters. The highest BCUT2D eigenvalue weighted by Crippen LogP contribution is 2.28. The lowest BCUT2D eigenvalue weighted by Crippen LogP contribution is -2.44. The number of halogens is 2. The van der Waals surface area contributed by atoms with Gasteiger partial charge >= 0.3 is 0 Å². The topological polar surface area (TPSA) is 123 Å². The summed E-state index contributed by atoms with van der Waals surface area (Å²) < 4.78 is 15.6. The van der Waals surface area contributed by atoms with E-state index in [1.165, 1.54) is 28.0 Å². The minimum Gasteiger partial charge on any atom is -0.364 e. The molecule has 33 heavy (non-hydrogen) atoms. The summed E-state index contributed by atoms with van der Waals surface area (Å²) in [7, 11) is 0. The van der Waals surface area contributed by atoms with Gasteiger partial charge in [-0.05, 0) is 31.9 Å². The van der Waals surface area contributed by atoms with Gasteiger partial charge in [-0.1, -0.05) is 23.7 Å². The summed E-state index contributed by atoms with van der Waals surface area (Å²) in [6, 6.07) is 5.49. The molecule has 0 bridgehead atoms. The Morgan fingerprint density at radius 2 is 2.09 bits per heavy atom. The van der Waals surface area contributed by atoms with Crippen LogP contribution in [0, 0.1) is 5.82 Å². The summed E-state index contributed by atoms with van der Waals surface area (Å²) in [6.07, 6.45) is 4.57. The third-order valence-corrected chi connectivity index (χ3v) is 5.81. The molecule has 3 aromatic rings. The van der Waals surface area contributed by atoms with Gasteiger partial charge in [0.2, 0.25) is 11.8 Å². The molecule has 1 aliphatic rings. The smallest absolute Gasteiger partial charge is 0.269 e. The van der Waals surface area contributed by atoms with Crippen molar-refractivity contribution in [3.05, 3.63) is 58.8 Å². The van der Waals surface area contributed by atoms with Crippen LogP contribution in [0.1, 0.15) is 41.9 Å². The van der Waals surface area contributed by atoms with E-state index < -0.39 is 23.7 Å². The molecule has 0 aliphatic heterocycles. The molecule has 11 heteroatoms. The molecule has 1 fully saturated rings. The zero-order valence-corrected chi connectivity index (χ0v) is 18.6. The first-order valence-electron chi connectivity index (χ1n) is 10.4. The summed E-state index contributed by atoms with van der Waals surface area (Å²) in [4.78, 5) is 43.0. The van der Waals surface area contributed by atoms with Crippen molar-refractivity contribution in [1.82, 2.24) is 25.0 Å². The van der Waals surface area contributed by atoms with Gasteiger partial charge < -0.3 is 16.0 Å². The summed E-state index contributed by atoms with van der Waals surface area (Å²) in [5, 5.41) is 7.37. The molecule has 0 saturated heterocycles. The van der Waals surface area contributed by atoms with E-state index in [2.05, 4.69) is 15.4 Å². The Hall–Kier alpha value is -3.53. The average Bonchev–Trinajstić information content (AvgIpc) is 3.55. The molecule has 1 aromatic carbocycles. The normalized spacial score (nSPS) is 14.2. The van der Waals surface area contributed by atoms with E-state index >= 15 is 0 Å². The van der Waals surface area contributed by atoms with Crippen LogP contribution < -0.4 is 11.1 Å². The molecular formula is C22H22ClFN6O3. The Morgan fingerprint density at radius 3 is 2.79 bits per heavy atom. The van der Waals surface area contributed by atoms with Crippen LogP contribution >= 0.6 is 11.6 Å². The molecule has 1 aliphatic carbocycles. The van der Waals surface area contributed by atoms with Crippen LogP contribution in [0.2, 0.25) is 5.02 Å². The van der Waals surface area contributed by atoms with E-state index in [9.17, 15) is 18.8 Å². The maximum Gasteiger partial charge on any atom is 0.269 e. The second-order valence-corrected chi connectivity index (χ2v) is 8.36. The molecule has 1 saturated carbocycles. The van der Waals surface area contributed by atoms with E-state index in [1.807, 2.05) is 0 Å². The highest BCUT2D eigenvalue weighted by Gasteiger charge is 2.34. The third kappa shape index (κ3) is 4.80. The van der Waals surface area contributed by atoms with Gasteiger partial charge in [0.1, 0.15) is 12.4 Å². The van der Waals surface area contributed by atoms with Gasteiger partial charge in [-0.2, -0.15) is 5.10 Å². The van der Waals surface area contributed by atoms with Gasteiger partial charge in [0, 0.05) is 23.2 Å². The van der Waals surface area contributed by atoms with Crippen LogP contribution in [0.4, 0.5) is 4.39 Å². The van der Waals surface area contributed by atoms with Gasteiger partial charge in [-0.3, -0.25) is 24.0 Å². The predicted octanol–water partition coefficient (Wildman–Crippen LogP) is 2.19. The van der Waals surface area contributed by atoms with Gasteiger partial charge in [-0.25, -0.2) is 4.39 Å². The minimum atomic E-state index is -0.710. The number of fused-ring (bicyclic) bond motifs is 1. The van der Waals surface area contributed by atoms with E-state index in [0.29, 0.717) is 10.9 Å². The number of nitrogens with two attached hydrogens (primary N) is 1. The van der Waals surface area contributed by atoms with Gasteiger partial charge in [-0.15, -0.1) is 0 Å². The van der Waals surface area contributed by atoms with Gasteiger partial charge in [0.25, 0.3) is 5.91 Å². The molecule has 4 rings (SSSR count). The zero-order valence-electron chi connectivity index (χ0n) is 17.8. The van der Waals surface area contributed by atoms with Crippen LogP contribution in [-0.2, 0) is 16.1 Å². The second-order valence-electron chi connectivity index (χ2n) is 7.95. The van der Waals surface area contributed by atoms with Crippen molar-refractivity contribution in [2.75, 3.05) is 6.54 Å². The Kier molecular flexibility index (Phi) is 6.28. The number of amides is 3. The Balaban J connectivity index is 1.47. The van der Waals surface area contributed by atoms with Crippen molar-refractivity contribution in [2.45, 2.75) is 38.4 Å². The largest absolute Gasteiger partial charge is 0.364 e. The third-order valence-electron chi connectivity index (χ3n) is 5.52. The van der Waals surface area contributed by atoms with Crippen molar-refractivity contribution in [3.8, 4) is 0 Å². The summed E-state index contributed by atoms with van der Waals surface area (Å²) >= 11 is 5.83. The van der Waals surface area contributed by atoms with Crippen LogP contribution in [0.15, 0.2) is 36.7 Å². The number of hydrogen-bond acceptors (Lipinski definition) is 5. The van der Waals surface area contributed by atoms with Crippen molar-refractivity contribution in [2.24, 2.45) is 5.73 Å². The first-order valence-corrected chi connectivity index (χ1v) is 10.8. The minimum absolute atomic E-state index is 0.0281. The lowest BCUT2D eigenvalue weighted by atomic mass is 10.1. The molecule has 3 amide bonds. The predicted molar refractivity (Wildman–Crippen MR) is 119 cm³/mol. The van der Waals surface area contributed by atoms with E-state index in [-0.39, 0.29) is 41.3 Å². The number of aromatic nitrogens is 3. The fourth-order valence-electron chi connectivity index (χ4n) is 3.72. The number of nitrogens with one attached hydrogen (secondary N) is 1.